The van der Waals surface area contributed by atoms with Crippen molar-refractivity contribution >= 4 is 30.6 Å². The predicted octanol–water partition coefficient (Wildman–Crippen LogP) is 4.52. The van der Waals surface area contributed by atoms with Crippen LogP contribution < -0.4 is 10.6 Å². The second kappa shape index (κ2) is 11.8. The molecule has 2 fully saturated rings. The van der Waals surface area contributed by atoms with Gasteiger partial charge in [-0.25, -0.2) is 9.97 Å². The number of methoxy groups -OCH3 is 1. The first kappa shape index (κ1) is 24.9. The van der Waals surface area contributed by atoms with Gasteiger partial charge in [0.25, 0.3) is 0 Å². The highest BCUT2D eigenvalue weighted by molar-refractivity contribution is 5.85. The first-order valence-corrected chi connectivity index (χ1v) is 10.6. The molecule has 0 spiro atoms. The van der Waals surface area contributed by atoms with Crippen molar-refractivity contribution in [1.29, 1.82) is 0 Å². The third-order valence-electron chi connectivity index (χ3n) is 6.27. The molecule has 1 aromatic carbocycles. The number of ether oxygens (including phenoxy) is 1. The molecule has 0 unspecified atom stereocenters. The lowest BCUT2D eigenvalue weighted by atomic mass is 9.78. The van der Waals surface area contributed by atoms with E-state index in [2.05, 4.69) is 41.3 Å². The molecule has 5 nitrogen and oxygen atoms in total. The van der Waals surface area contributed by atoms with Crippen LogP contribution in [0.1, 0.15) is 55.1 Å². The van der Waals surface area contributed by atoms with Crippen LogP contribution in [0.15, 0.2) is 36.4 Å². The van der Waals surface area contributed by atoms with Gasteiger partial charge < -0.3 is 15.4 Å². The Labute approximate surface area is 192 Å². The molecule has 1 aliphatic carbocycles. The Kier molecular flexibility index (Phi) is 9.82. The predicted molar refractivity (Wildman–Crippen MR) is 127 cm³/mol. The van der Waals surface area contributed by atoms with Gasteiger partial charge in [-0.05, 0) is 50.0 Å². The number of piperidine rings is 1. The van der Waals surface area contributed by atoms with E-state index in [1.54, 1.807) is 7.11 Å². The molecule has 4 rings (SSSR count). The standard InChI is InChI=1S/C23H32N4O.2ClH/c1-28-16-22-25-21(19-13-20(24)14-19)15-23(26-22)27-11-9-18(10-12-27)8-7-17-5-3-2-4-6-17;;/h2-6,15,18-20H,7-14,16,24H2,1H3;2*1H. The van der Waals surface area contributed by atoms with Crippen molar-refractivity contribution in [3.8, 4) is 0 Å². The number of benzene rings is 1. The van der Waals surface area contributed by atoms with E-state index >= 15 is 0 Å². The third-order valence-corrected chi connectivity index (χ3v) is 6.27. The lowest BCUT2D eigenvalue weighted by Crippen LogP contribution is -2.37. The van der Waals surface area contributed by atoms with Crippen LogP contribution in [-0.4, -0.2) is 36.2 Å². The van der Waals surface area contributed by atoms with Crippen LogP contribution in [0, 0.1) is 5.92 Å². The zero-order chi connectivity index (χ0) is 19.3. The molecule has 30 heavy (non-hydrogen) atoms. The van der Waals surface area contributed by atoms with E-state index in [0.29, 0.717) is 18.6 Å². The van der Waals surface area contributed by atoms with E-state index in [1.165, 1.54) is 31.2 Å². The fraction of sp³-hybridized carbons (Fsp3) is 0.565. The Hall–Kier alpha value is -1.40. The zero-order valence-corrected chi connectivity index (χ0v) is 19.3. The number of halogens is 2. The first-order valence-electron chi connectivity index (χ1n) is 10.6. The quantitative estimate of drug-likeness (QED) is 0.668. The Balaban J connectivity index is 0.00000160. The summed E-state index contributed by atoms with van der Waals surface area (Å²) in [5.41, 5.74) is 8.59. The third kappa shape index (κ3) is 6.30. The van der Waals surface area contributed by atoms with E-state index in [9.17, 15) is 0 Å². The Morgan fingerprint density at radius 3 is 2.40 bits per heavy atom. The van der Waals surface area contributed by atoms with Gasteiger partial charge in [-0.15, -0.1) is 24.8 Å². The number of nitrogens with zero attached hydrogens (tertiary/aromatic N) is 3. The van der Waals surface area contributed by atoms with Crippen LogP contribution in [-0.2, 0) is 17.8 Å². The molecule has 166 valence electrons. The Morgan fingerprint density at radius 1 is 1.07 bits per heavy atom. The first-order chi connectivity index (χ1) is 13.7. The number of nitrogens with two attached hydrogens (primary N) is 1. The summed E-state index contributed by atoms with van der Waals surface area (Å²) in [4.78, 5) is 12.0. The summed E-state index contributed by atoms with van der Waals surface area (Å²) < 4.78 is 5.30. The maximum Gasteiger partial charge on any atom is 0.156 e. The molecule has 0 radical (unpaired) electrons. The fourth-order valence-corrected chi connectivity index (χ4v) is 4.44. The van der Waals surface area contributed by atoms with Crippen molar-refractivity contribution in [2.24, 2.45) is 11.7 Å². The Morgan fingerprint density at radius 2 is 1.77 bits per heavy atom. The SMILES string of the molecule is COCc1nc(C2CC(N)C2)cc(N2CCC(CCc3ccccc3)CC2)n1.Cl.Cl. The second-order valence-corrected chi connectivity index (χ2v) is 8.38. The van der Waals surface area contributed by atoms with Crippen molar-refractivity contribution in [2.75, 3.05) is 25.1 Å². The lowest BCUT2D eigenvalue weighted by molar-refractivity contribution is 0.177. The largest absolute Gasteiger partial charge is 0.377 e. The van der Waals surface area contributed by atoms with Crippen molar-refractivity contribution in [1.82, 2.24) is 9.97 Å². The molecule has 2 N–H and O–H groups in total. The van der Waals surface area contributed by atoms with Gasteiger partial charge in [-0.3, -0.25) is 0 Å². The summed E-state index contributed by atoms with van der Waals surface area (Å²) in [5.74, 6) is 3.15. The van der Waals surface area contributed by atoms with Crippen LogP contribution in [0.2, 0.25) is 0 Å². The molecular formula is C23H34Cl2N4O. The van der Waals surface area contributed by atoms with Gasteiger partial charge in [0, 0.05) is 43.9 Å². The highest BCUT2D eigenvalue weighted by atomic mass is 35.5. The zero-order valence-electron chi connectivity index (χ0n) is 17.7. The topological polar surface area (TPSA) is 64.3 Å². The van der Waals surface area contributed by atoms with Gasteiger partial charge in [-0.1, -0.05) is 30.3 Å². The number of anilines is 1. The van der Waals surface area contributed by atoms with Gasteiger partial charge in [0.15, 0.2) is 5.82 Å². The molecule has 2 aliphatic rings. The Bertz CT molecular complexity index is 763. The molecule has 1 saturated heterocycles. The molecule has 2 heterocycles. The van der Waals surface area contributed by atoms with Crippen LogP contribution in [0.25, 0.3) is 0 Å². The molecule has 0 amide bonds. The van der Waals surface area contributed by atoms with Crippen LogP contribution in [0.4, 0.5) is 5.82 Å². The number of rotatable bonds is 7. The minimum Gasteiger partial charge on any atom is -0.377 e. The summed E-state index contributed by atoms with van der Waals surface area (Å²) in [5, 5.41) is 0. The molecular weight excluding hydrogens is 419 g/mol. The van der Waals surface area contributed by atoms with Crippen molar-refractivity contribution < 1.29 is 4.74 Å². The summed E-state index contributed by atoms with van der Waals surface area (Å²) in [6.45, 7) is 2.62. The molecule has 0 bridgehead atoms. The molecule has 1 aromatic heterocycles. The monoisotopic (exact) mass is 452 g/mol. The minimum absolute atomic E-state index is 0. The summed E-state index contributed by atoms with van der Waals surface area (Å²) >= 11 is 0. The molecule has 2 aromatic rings. The van der Waals surface area contributed by atoms with Crippen molar-refractivity contribution in [3.05, 3.63) is 53.5 Å². The van der Waals surface area contributed by atoms with Crippen LogP contribution in [0.3, 0.4) is 0 Å². The molecule has 1 aliphatic heterocycles. The van der Waals surface area contributed by atoms with E-state index in [0.717, 1.165) is 49.2 Å². The average molecular weight is 453 g/mol. The van der Waals surface area contributed by atoms with Gasteiger partial charge in [0.05, 0.1) is 0 Å². The van der Waals surface area contributed by atoms with E-state index < -0.39 is 0 Å². The van der Waals surface area contributed by atoms with Gasteiger partial charge in [0.2, 0.25) is 0 Å². The second-order valence-electron chi connectivity index (χ2n) is 8.38. The molecule has 7 heteroatoms. The van der Waals surface area contributed by atoms with Gasteiger partial charge >= 0.3 is 0 Å². The average Bonchev–Trinajstić information content (AvgIpc) is 2.71. The van der Waals surface area contributed by atoms with E-state index in [-0.39, 0.29) is 24.8 Å². The molecule has 1 saturated carbocycles. The normalized spacial score (nSPS) is 21.3. The number of aryl methyl sites for hydroxylation is 1. The van der Waals surface area contributed by atoms with Gasteiger partial charge in [0.1, 0.15) is 12.4 Å². The van der Waals surface area contributed by atoms with Crippen molar-refractivity contribution in [3.63, 3.8) is 0 Å². The fourth-order valence-electron chi connectivity index (χ4n) is 4.44. The maximum absolute atomic E-state index is 5.99. The lowest BCUT2D eigenvalue weighted by Gasteiger charge is -2.35. The highest BCUT2D eigenvalue weighted by Gasteiger charge is 2.30. The number of hydrogen-bond acceptors (Lipinski definition) is 5. The minimum atomic E-state index is 0. The van der Waals surface area contributed by atoms with Gasteiger partial charge in [-0.2, -0.15) is 0 Å². The smallest absolute Gasteiger partial charge is 0.156 e. The van der Waals surface area contributed by atoms with Crippen molar-refractivity contribution in [2.45, 2.75) is 57.1 Å². The number of aromatic nitrogens is 2. The molecule has 0 atom stereocenters. The summed E-state index contributed by atoms with van der Waals surface area (Å²) in [6.07, 6.45) is 7.00. The van der Waals surface area contributed by atoms with Crippen LogP contribution in [0.5, 0.6) is 0 Å². The maximum atomic E-state index is 5.99. The van der Waals surface area contributed by atoms with E-state index in [4.69, 9.17) is 20.4 Å². The van der Waals surface area contributed by atoms with E-state index in [1.807, 2.05) is 0 Å². The number of hydrogen-bond donors (Lipinski definition) is 1. The summed E-state index contributed by atoms with van der Waals surface area (Å²) in [7, 11) is 1.70. The van der Waals surface area contributed by atoms with Crippen LogP contribution >= 0.6 is 24.8 Å². The summed E-state index contributed by atoms with van der Waals surface area (Å²) in [6, 6.07) is 13.4. The highest BCUT2D eigenvalue weighted by Crippen LogP contribution is 2.36.